The van der Waals surface area contributed by atoms with Crippen molar-refractivity contribution in [3.05, 3.63) is 65.2 Å². The summed E-state index contributed by atoms with van der Waals surface area (Å²) in [7, 11) is 0. The van der Waals surface area contributed by atoms with Crippen LogP contribution in [0.1, 0.15) is 24.0 Å². The van der Waals surface area contributed by atoms with E-state index in [1.165, 1.54) is 0 Å². The van der Waals surface area contributed by atoms with Crippen molar-refractivity contribution in [3.63, 3.8) is 0 Å². The molecule has 144 valence electrons. The second-order valence-corrected chi connectivity index (χ2v) is 6.19. The minimum absolute atomic E-state index is 0. The summed E-state index contributed by atoms with van der Waals surface area (Å²) in [4.78, 5) is 17.7. The molecule has 0 spiro atoms. The van der Waals surface area contributed by atoms with Crippen LogP contribution >= 0.6 is 24.0 Å². The van der Waals surface area contributed by atoms with Gasteiger partial charge in [-0.1, -0.05) is 24.3 Å². The first-order chi connectivity index (χ1) is 12.5. The van der Waals surface area contributed by atoms with E-state index in [-0.39, 0.29) is 48.1 Å². The van der Waals surface area contributed by atoms with Crippen molar-refractivity contribution in [2.45, 2.75) is 25.9 Å². The van der Waals surface area contributed by atoms with Crippen LogP contribution < -0.4 is 11.1 Å². The van der Waals surface area contributed by atoms with Gasteiger partial charge in [-0.15, -0.1) is 24.0 Å². The smallest absolute Gasteiger partial charge is 0.222 e. The lowest BCUT2D eigenvalue weighted by molar-refractivity contribution is -0.128. The van der Waals surface area contributed by atoms with Crippen LogP contribution in [0.25, 0.3) is 0 Å². The van der Waals surface area contributed by atoms with Gasteiger partial charge in [0.15, 0.2) is 5.96 Å². The van der Waals surface area contributed by atoms with E-state index >= 15 is 0 Å². The number of guanidine groups is 1. The number of benzene rings is 2. The zero-order chi connectivity index (χ0) is 18.5. The molecule has 0 atom stereocenters. The zero-order valence-corrected chi connectivity index (χ0v) is 17.0. The fraction of sp³-hybridized carbons (Fsp3) is 0.263. The third kappa shape index (κ3) is 5.88. The van der Waals surface area contributed by atoms with Crippen LogP contribution in [-0.2, 0) is 17.9 Å². The second kappa shape index (κ2) is 9.63. The van der Waals surface area contributed by atoms with Gasteiger partial charge >= 0.3 is 0 Å². The molecule has 3 rings (SSSR count). The van der Waals surface area contributed by atoms with Crippen LogP contribution in [0.2, 0.25) is 0 Å². The highest BCUT2D eigenvalue weighted by Gasteiger charge is 2.19. The van der Waals surface area contributed by atoms with Crippen LogP contribution in [0, 0.1) is 11.6 Å². The highest BCUT2D eigenvalue weighted by atomic mass is 127. The Bertz CT molecular complexity index is 844. The minimum atomic E-state index is -0.609. The molecule has 8 heteroatoms. The topological polar surface area (TPSA) is 70.7 Å². The normalized spacial score (nSPS) is 14.2. The Hall–Kier alpha value is -2.23. The Morgan fingerprint density at radius 1 is 1.19 bits per heavy atom. The molecule has 0 bridgehead atoms. The summed E-state index contributed by atoms with van der Waals surface area (Å²) in [6.07, 6.45) is 1.52. The molecule has 1 amide bonds. The van der Waals surface area contributed by atoms with Crippen molar-refractivity contribution in [2.24, 2.45) is 10.7 Å². The first-order valence-corrected chi connectivity index (χ1v) is 8.39. The molecule has 1 heterocycles. The summed E-state index contributed by atoms with van der Waals surface area (Å²) in [5.74, 6) is -0.999. The lowest BCUT2D eigenvalue weighted by Gasteiger charge is -2.15. The first kappa shape index (κ1) is 21.1. The fourth-order valence-electron chi connectivity index (χ4n) is 2.87. The molecule has 0 aromatic heterocycles. The van der Waals surface area contributed by atoms with Crippen molar-refractivity contribution in [3.8, 4) is 0 Å². The van der Waals surface area contributed by atoms with E-state index in [0.29, 0.717) is 13.0 Å². The number of amides is 1. The average molecular weight is 486 g/mol. The van der Waals surface area contributed by atoms with Gasteiger partial charge in [-0.3, -0.25) is 4.79 Å². The number of hydrogen-bond donors (Lipinski definition) is 2. The maximum absolute atomic E-state index is 13.6. The quantitative estimate of drug-likeness (QED) is 0.386. The SMILES string of the molecule is I.NC(=NCc1cccc(CN2CCCC2=O)c1)Nc1cc(F)ccc1F. The number of carbonyl (C=O) groups excluding carboxylic acids is 1. The lowest BCUT2D eigenvalue weighted by Crippen LogP contribution is -2.24. The Kier molecular flexibility index (Phi) is 7.52. The molecule has 0 unspecified atom stereocenters. The Morgan fingerprint density at radius 2 is 1.96 bits per heavy atom. The Morgan fingerprint density at radius 3 is 2.70 bits per heavy atom. The van der Waals surface area contributed by atoms with Gasteiger partial charge in [0.2, 0.25) is 5.91 Å². The van der Waals surface area contributed by atoms with Crippen molar-refractivity contribution >= 4 is 41.5 Å². The number of likely N-dealkylation sites (tertiary alicyclic amines) is 1. The van der Waals surface area contributed by atoms with Crippen LogP contribution in [0.4, 0.5) is 14.5 Å². The molecule has 1 fully saturated rings. The van der Waals surface area contributed by atoms with E-state index < -0.39 is 11.6 Å². The summed E-state index contributed by atoms with van der Waals surface area (Å²) in [5, 5.41) is 2.56. The molecular formula is C19H21F2IN4O. The molecule has 0 aliphatic carbocycles. The van der Waals surface area contributed by atoms with E-state index in [9.17, 15) is 13.6 Å². The van der Waals surface area contributed by atoms with Crippen molar-refractivity contribution in [2.75, 3.05) is 11.9 Å². The van der Waals surface area contributed by atoms with E-state index in [1.54, 1.807) is 0 Å². The number of halogens is 3. The van der Waals surface area contributed by atoms with Gasteiger partial charge in [-0.05, 0) is 29.7 Å². The maximum atomic E-state index is 13.6. The number of aliphatic imine (C=N–C) groups is 1. The second-order valence-electron chi connectivity index (χ2n) is 6.19. The van der Waals surface area contributed by atoms with E-state index in [1.807, 2.05) is 29.2 Å². The largest absolute Gasteiger partial charge is 0.370 e. The molecule has 27 heavy (non-hydrogen) atoms. The van der Waals surface area contributed by atoms with Crippen molar-refractivity contribution in [1.82, 2.24) is 4.90 Å². The van der Waals surface area contributed by atoms with E-state index in [0.717, 1.165) is 42.3 Å². The minimum Gasteiger partial charge on any atom is -0.370 e. The van der Waals surface area contributed by atoms with Gasteiger partial charge in [0.05, 0.1) is 12.2 Å². The van der Waals surface area contributed by atoms with E-state index in [4.69, 9.17) is 5.73 Å². The lowest BCUT2D eigenvalue weighted by atomic mass is 10.1. The predicted molar refractivity (Wildman–Crippen MR) is 112 cm³/mol. The summed E-state index contributed by atoms with van der Waals surface area (Å²) in [6, 6.07) is 10.8. The Labute approximate surface area is 173 Å². The number of nitrogens with two attached hydrogens (primary N) is 1. The molecule has 1 aliphatic heterocycles. The molecule has 5 nitrogen and oxygen atoms in total. The highest BCUT2D eigenvalue weighted by Crippen LogP contribution is 2.16. The van der Waals surface area contributed by atoms with Gasteiger partial charge < -0.3 is 16.0 Å². The number of hydrogen-bond acceptors (Lipinski definition) is 2. The van der Waals surface area contributed by atoms with Gasteiger partial charge in [-0.25, -0.2) is 13.8 Å². The standard InChI is InChI=1S/C19H20F2N4O.HI/c20-15-6-7-16(21)17(10-15)24-19(22)23-11-13-3-1-4-14(9-13)12-25-8-2-5-18(25)26;/h1,3-4,6-7,9-10H,2,5,8,11-12H2,(H3,22,23,24);1H. The summed E-state index contributed by atoms with van der Waals surface area (Å²) in [6.45, 7) is 1.66. The van der Waals surface area contributed by atoms with Crippen LogP contribution in [0.15, 0.2) is 47.5 Å². The van der Waals surface area contributed by atoms with Crippen LogP contribution in [0.5, 0.6) is 0 Å². The third-order valence-corrected chi connectivity index (χ3v) is 4.16. The number of rotatable bonds is 5. The average Bonchev–Trinajstić information content (AvgIpc) is 3.01. The molecule has 3 N–H and O–H groups in total. The molecule has 1 aliphatic rings. The van der Waals surface area contributed by atoms with Gasteiger partial charge in [-0.2, -0.15) is 0 Å². The van der Waals surface area contributed by atoms with Gasteiger partial charge in [0.1, 0.15) is 11.6 Å². The summed E-state index contributed by atoms with van der Waals surface area (Å²) < 4.78 is 26.8. The van der Waals surface area contributed by atoms with Gasteiger partial charge in [0, 0.05) is 25.6 Å². The molecule has 2 aromatic rings. The Balaban J connectivity index is 0.00000261. The zero-order valence-electron chi connectivity index (χ0n) is 14.6. The monoisotopic (exact) mass is 486 g/mol. The predicted octanol–water partition coefficient (Wildman–Crippen LogP) is 3.63. The number of nitrogens with one attached hydrogen (secondary N) is 1. The maximum Gasteiger partial charge on any atom is 0.222 e. The molecule has 1 saturated heterocycles. The fourth-order valence-corrected chi connectivity index (χ4v) is 2.87. The third-order valence-electron chi connectivity index (χ3n) is 4.16. The highest BCUT2D eigenvalue weighted by molar-refractivity contribution is 14.0. The molecule has 0 saturated carbocycles. The number of anilines is 1. The van der Waals surface area contributed by atoms with Crippen molar-refractivity contribution < 1.29 is 13.6 Å². The molecule has 0 radical (unpaired) electrons. The van der Waals surface area contributed by atoms with Gasteiger partial charge in [0.25, 0.3) is 0 Å². The number of nitrogens with zero attached hydrogens (tertiary/aromatic N) is 2. The summed E-state index contributed by atoms with van der Waals surface area (Å²) >= 11 is 0. The van der Waals surface area contributed by atoms with Crippen molar-refractivity contribution in [1.29, 1.82) is 0 Å². The summed E-state index contributed by atoms with van der Waals surface area (Å²) in [5.41, 5.74) is 7.63. The first-order valence-electron chi connectivity index (χ1n) is 8.39. The number of carbonyl (C=O) groups is 1. The molecule has 2 aromatic carbocycles. The molecular weight excluding hydrogens is 465 g/mol. The van der Waals surface area contributed by atoms with Crippen LogP contribution in [-0.4, -0.2) is 23.3 Å². The van der Waals surface area contributed by atoms with E-state index in [2.05, 4.69) is 10.3 Å². The van der Waals surface area contributed by atoms with Crippen LogP contribution in [0.3, 0.4) is 0 Å².